The molecule has 0 unspecified atom stereocenters. The average Bonchev–Trinajstić information content (AvgIpc) is 2.43. The number of nitrogens with zero attached hydrogens (tertiary/aromatic N) is 2. The molecule has 0 radical (unpaired) electrons. The van der Waals surface area contributed by atoms with Crippen molar-refractivity contribution in [2.75, 3.05) is 5.32 Å². The third kappa shape index (κ3) is 2.98. The fourth-order valence-corrected chi connectivity index (χ4v) is 2.65. The molecule has 1 aromatic heterocycles. The molecule has 1 aliphatic rings. The topological polar surface area (TPSA) is 47.0 Å². The first-order valence-electron chi connectivity index (χ1n) is 6.89. The van der Waals surface area contributed by atoms with E-state index in [2.05, 4.69) is 20.0 Å². The summed E-state index contributed by atoms with van der Waals surface area (Å²) in [7, 11) is 0. The van der Waals surface area contributed by atoms with Crippen LogP contribution in [0, 0.1) is 0 Å². The first-order valence-corrected chi connectivity index (χ1v) is 6.89. The molecule has 0 atom stereocenters. The van der Waals surface area contributed by atoms with Crippen LogP contribution in [-0.4, -0.2) is 16.3 Å². The molecule has 0 amide bonds. The van der Waals surface area contributed by atoms with Gasteiger partial charge in [0, 0.05) is 18.0 Å². The smallest absolute Gasteiger partial charge is 0.405 e. The number of hydrogen-bond donors (Lipinski definition) is 1. The zero-order valence-corrected chi connectivity index (χ0v) is 11.6. The van der Waals surface area contributed by atoms with Crippen molar-refractivity contribution in [1.82, 2.24) is 9.97 Å². The van der Waals surface area contributed by atoms with Gasteiger partial charge in [-0.05, 0) is 31.4 Å². The lowest BCUT2D eigenvalue weighted by molar-refractivity contribution is -0.275. The molecular weight excluding hydrogens is 295 g/mol. The second-order valence-corrected chi connectivity index (χ2v) is 5.18. The molecule has 1 fully saturated rings. The van der Waals surface area contributed by atoms with E-state index in [-0.39, 0.29) is 5.75 Å². The molecule has 22 heavy (non-hydrogen) atoms. The van der Waals surface area contributed by atoms with Crippen LogP contribution in [0.15, 0.2) is 42.7 Å². The van der Waals surface area contributed by atoms with Crippen molar-refractivity contribution in [2.45, 2.75) is 31.2 Å². The summed E-state index contributed by atoms with van der Waals surface area (Å²) in [4.78, 5) is 8.18. The Morgan fingerprint density at radius 3 is 2.32 bits per heavy atom. The first kappa shape index (κ1) is 14.6. The lowest BCUT2D eigenvalue weighted by Gasteiger charge is -2.43. The summed E-state index contributed by atoms with van der Waals surface area (Å²) in [5.74, 6) is 0.210. The molecule has 1 N–H and O–H groups in total. The summed E-state index contributed by atoms with van der Waals surface area (Å²) in [5.41, 5.74) is -0.144. The summed E-state index contributed by atoms with van der Waals surface area (Å²) in [6, 6.07) is 7.88. The van der Waals surface area contributed by atoms with Crippen LogP contribution in [0.5, 0.6) is 5.75 Å². The van der Waals surface area contributed by atoms with Gasteiger partial charge in [-0.3, -0.25) is 0 Å². The number of benzene rings is 1. The molecule has 7 heteroatoms. The molecule has 1 saturated carbocycles. The van der Waals surface area contributed by atoms with Gasteiger partial charge in [0.2, 0.25) is 5.95 Å². The summed E-state index contributed by atoms with van der Waals surface area (Å²) in [6.45, 7) is 0. The van der Waals surface area contributed by atoms with Crippen LogP contribution < -0.4 is 10.1 Å². The number of alkyl halides is 3. The van der Waals surface area contributed by atoms with Crippen molar-refractivity contribution < 1.29 is 17.9 Å². The highest BCUT2D eigenvalue weighted by molar-refractivity contribution is 5.46. The summed E-state index contributed by atoms with van der Waals surface area (Å²) in [5, 5.41) is 3.16. The van der Waals surface area contributed by atoms with Gasteiger partial charge in [0.25, 0.3) is 0 Å². The molecular formula is C15H14F3N3O. The van der Waals surface area contributed by atoms with Crippen molar-refractivity contribution >= 4 is 5.95 Å². The maximum Gasteiger partial charge on any atom is 0.573 e. The number of halogens is 3. The predicted octanol–water partition coefficient (Wildman–Crippen LogP) is 3.87. The van der Waals surface area contributed by atoms with Gasteiger partial charge < -0.3 is 10.1 Å². The standard InChI is InChI=1S/C15H14F3N3O/c16-15(17,18)22-12-6-2-1-5-11(12)14(7-3-8-14)21-13-19-9-4-10-20-13/h1-2,4-6,9-10H,3,7-8H2,(H,19,20,21). The Morgan fingerprint density at radius 2 is 1.73 bits per heavy atom. The fraction of sp³-hybridized carbons (Fsp3) is 0.333. The van der Waals surface area contributed by atoms with Crippen LogP contribution in [0.1, 0.15) is 24.8 Å². The second-order valence-electron chi connectivity index (χ2n) is 5.18. The molecule has 0 spiro atoms. The summed E-state index contributed by atoms with van der Waals surface area (Å²) >= 11 is 0. The Labute approximate surface area is 125 Å². The number of rotatable bonds is 4. The third-order valence-corrected chi connectivity index (χ3v) is 3.75. The van der Waals surface area contributed by atoms with E-state index in [9.17, 15) is 13.2 Å². The first-order chi connectivity index (χ1) is 10.5. The molecule has 0 saturated heterocycles. The van der Waals surface area contributed by atoms with Gasteiger partial charge in [-0.25, -0.2) is 9.97 Å². The number of aromatic nitrogens is 2. The minimum atomic E-state index is -4.72. The number of ether oxygens (including phenoxy) is 1. The van der Waals surface area contributed by atoms with Gasteiger partial charge in [-0.2, -0.15) is 0 Å². The lowest BCUT2D eigenvalue weighted by Crippen LogP contribution is -2.43. The molecule has 1 aliphatic carbocycles. The van der Waals surface area contributed by atoms with E-state index in [4.69, 9.17) is 0 Å². The van der Waals surface area contributed by atoms with Crippen LogP contribution in [-0.2, 0) is 5.54 Å². The van der Waals surface area contributed by atoms with Gasteiger partial charge in [0.15, 0.2) is 0 Å². The minimum absolute atomic E-state index is 0.182. The molecule has 116 valence electrons. The van der Waals surface area contributed by atoms with Gasteiger partial charge in [-0.1, -0.05) is 18.2 Å². The monoisotopic (exact) mass is 309 g/mol. The van der Waals surface area contributed by atoms with Gasteiger partial charge in [0.05, 0.1) is 5.54 Å². The molecule has 3 rings (SSSR count). The van der Waals surface area contributed by atoms with Gasteiger partial charge in [0.1, 0.15) is 5.75 Å². The Morgan fingerprint density at radius 1 is 1.05 bits per heavy atom. The van der Waals surface area contributed by atoms with E-state index >= 15 is 0 Å². The molecule has 0 aliphatic heterocycles. The minimum Gasteiger partial charge on any atom is -0.405 e. The van der Waals surface area contributed by atoms with E-state index in [1.165, 1.54) is 12.1 Å². The van der Waals surface area contributed by atoms with E-state index in [0.29, 0.717) is 24.4 Å². The van der Waals surface area contributed by atoms with E-state index in [1.54, 1.807) is 30.6 Å². The Bertz CT molecular complexity index is 642. The van der Waals surface area contributed by atoms with Crippen molar-refractivity contribution in [1.29, 1.82) is 0 Å². The lowest BCUT2D eigenvalue weighted by atomic mass is 9.71. The normalized spacial score (nSPS) is 16.7. The number of anilines is 1. The van der Waals surface area contributed by atoms with Crippen LogP contribution >= 0.6 is 0 Å². The summed E-state index contributed by atoms with van der Waals surface area (Å²) < 4.78 is 41.9. The van der Waals surface area contributed by atoms with Crippen molar-refractivity contribution in [3.63, 3.8) is 0 Å². The SMILES string of the molecule is FC(F)(F)Oc1ccccc1C1(Nc2ncccn2)CCC1. The molecule has 1 aromatic carbocycles. The van der Waals surface area contributed by atoms with Crippen molar-refractivity contribution in [3.05, 3.63) is 48.3 Å². The van der Waals surface area contributed by atoms with Crippen LogP contribution in [0.4, 0.5) is 19.1 Å². The van der Waals surface area contributed by atoms with Gasteiger partial charge >= 0.3 is 6.36 Å². The third-order valence-electron chi connectivity index (χ3n) is 3.75. The zero-order valence-electron chi connectivity index (χ0n) is 11.6. The molecule has 2 aromatic rings. The van der Waals surface area contributed by atoms with Crippen LogP contribution in [0.3, 0.4) is 0 Å². The Kier molecular flexibility index (Phi) is 3.64. The molecule has 4 nitrogen and oxygen atoms in total. The highest BCUT2D eigenvalue weighted by Crippen LogP contribution is 2.47. The summed E-state index contributed by atoms with van der Waals surface area (Å²) in [6.07, 6.45) is 0.761. The second kappa shape index (κ2) is 5.47. The van der Waals surface area contributed by atoms with Gasteiger partial charge in [-0.15, -0.1) is 13.2 Å². The van der Waals surface area contributed by atoms with Crippen molar-refractivity contribution in [3.8, 4) is 5.75 Å². The average molecular weight is 309 g/mol. The number of para-hydroxylation sites is 1. The van der Waals surface area contributed by atoms with E-state index in [1.807, 2.05) is 0 Å². The number of hydrogen-bond acceptors (Lipinski definition) is 4. The van der Waals surface area contributed by atoms with E-state index in [0.717, 1.165) is 6.42 Å². The van der Waals surface area contributed by atoms with Crippen LogP contribution in [0.25, 0.3) is 0 Å². The fourth-order valence-electron chi connectivity index (χ4n) is 2.65. The quantitative estimate of drug-likeness (QED) is 0.931. The maximum atomic E-state index is 12.6. The van der Waals surface area contributed by atoms with Crippen molar-refractivity contribution in [2.24, 2.45) is 0 Å². The van der Waals surface area contributed by atoms with E-state index < -0.39 is 11.9 Å². The zero-order chi connectivity index (χ0) is 15.6. The predicted molar refractivity (Wildman–Crippen MR) is 74.3 cm³/mol. The Balaban J connectivity index is 1.94. The highest BCUT2D eigenvalue weighted by Gasteiger charge is 2.43. The highest BCUT2D eigenvalue weighted by atomic mass is 19.4. The number of nitrogens with one attached hydrogen (secondary N) is 1. The molecule has 0 bridgehead atoms. The molecule has 1 heterocycles. The Hall–Kier alpha value is -2.31. The largest absolute Gasteiger partial charge is 0.573 e. The maximum absolute atomic E-state index is 12.6. The van der Waals surface area contributed by atoms with Crippen LogP contribution in [0.2, 0.25) is 0 Å².